The van der Waals surface area contributed by atoms with Crippen LogP contribution >= 0.6 is 17.0 Å². The third-order valence-electron chi connectivity index (χ3n) is 3.49. The lowest BCUT2D eigenvalue weighted by Crippen LogP contribution is -2.53. The summed E-state index contributed by atoms with van der Waals surface area (Å²) >= 11 is 0. The first kappa shape index (κ1) is 22.4. The van der Waals surface area contributed by atoms with Crippen LogP contribution in [-0.2, 0) is 14.9 Å². The second-order valence-electron chi connectivity index (χ2n) is 6.13. The molecule has 1 aromatic carbocycles. The molecule has 9 nitrogen and oxygen atoms in total. The second kappa shape index (κ2) is 8.80. The minimum Gasteiger partial charge on any atom is -0.368 e. The molecule has 0 bridgehead atoms. The van der Waals surface area contributed by atoms with Crippen molar-refractivity contribution < 1.29 is 13.3 Å². The Morgan fingerprint density at radius 2 is 1.85 bits per heavy atom. The standard InChI is InChI=1S/C15H24N6O3S.BrH/c1-11-5-7-12(8-6-11)25(22,23)18-9-4-10-24-21-14(17)19-13(16)20-15(21,2)3;/h5-8,18H,4,9-10H2,1-3H3,(H4,16,17,19,20);1H. The third-order valence-corrected chi connectivity index (χ3v) is 4.96. The summed E-state index contributed by atoms with van der Waals surface area (Å²) in [5.41, 5.74) is 11.6. The quantitative estimate of drug-likeness (QED) is 0.529. The molecule has 0 unspecified atom stereocenters. The molecule has 0 saturated carbocycles. The van der Waals surface area contributed by atoms with Crippen molar-refractivity contribution in [3.8, 4) is 0 Å². The molecule has 1 aromatic rings. The Morgan fingerprint density at radius 1 is 1.23 bits per heavy atom. The number of hydrogen-bond acceptors (Lipinski definition) is 8. The SMILES string of the molecule is Br.Cc1ccc(S(=O)(=O)NCCCON2C(N)=NC(N)=NC2(C)C)cc1. The Kier molecular flexibility index (Phi) is 7.57. The van der Waals surface area contributed by atoms with Crippen LogP contribution in [0.2, 0.25) is 0 Å². The molecule has 0 aromatic heterocycles. The number of hydrogen-bond donors (Lipinski definition) is 3. The van der Waals surface area contributed by atoms with Crippen molar-refractivity contribution in [2.45, 2.75) is 37.8 Å². The van der Waals surface area contributed by atoms with Crippen LogP contribution in [0.25, 0.3) is 0 Å². The fourth-order valence-corrected chi connectivity index (χ4v) is 3.33. The van der Waals surface area contributed by atoms with E-state index in [4.69, 9.17) is 16.3 Å². The maximum atomic E-state index is 12.2. The summed E-state index contributed by atoms with van der Waals surface area (Å²) in [6, 6.07) is 6.66. The van der Waals surface area contributed by atoms with Gasteiger partial charge in [0, 0.05) is 6.54 Å². The molecule has 0 saturated heterocycles. The van der Waals surface area contributed by atoms with Crippen LogP contribution in [0.15, 0.2) is 39.1 Å². The molecule has 0 aliphatic carbocycles. The predicted molar refractivity (Wildman–Crippen MR) is 106 cm³/mol. The van der Waals surface area contributed by atoms with Gasteiger partial charge in [0.25, 0.3) is 0 Å². The Morgan fingerprint density at radius 3 is 2.42 bits per heavy atom. The van der Waals surface area contributed by atoms with E-state index in [1.807, 2.05) is 6.92 Å². The molecule has 1 heterocycles. The van der Waals surface area contributed by atoms with Crippen LogP contribution in [0, 0.1) is 6.92 Å². The van der Waals surface area contributed by atoms with Crippen molar-refractivity contribution >= 4 is 38.9 Å². The molecule has 5 N–H and O–H groups in total. The zero-order valence-electron chi connectivity index (χ0n) is 15.0. The summed E-state index contributed by atoms with van der Waals surface area (Å²) in [4.78, 5) is 13.8. The second-order valence-corrected chi connectivity index (χ2v) is 7.89. The number of aliphatic imine (C=N–C) groups is 2. The van der Waals surface area contributed by atoms with Crippen molar-refractivity contribution in [2.75, 3.05) is 13.2 Å². The summed E-state index contributed by atoms with van der Waals surface area (Å²) in [7, 11) is -3.53. The molecule has 26 heavy (non-hydrogen) atoms. The highest BCUT2D eigenvalue weighted by Crippen LogP contribution is 2.19. The third kappa shape index (κ3) is 5.66. The van der Waals surface area contributed by atoms with Crippen LogP contribution in [0.4, 0.5) is 0 Å². The average molecular weight is 449 g/mol. The van der Waals surface area contributed by atoms with Gasteiger partial charge in [-0.2, -0.15) is 10.1 Å². The van der Waals surface area contributed by atoms with E-state index in [2.05, 4.69) is 14.7 Å². The van der Waals surface area contributed by atoms with E-state index in [9.17, 15) is 8.42 Å². The zero-order chi connectivity index (χ0) is 18.7. The summed E-state index contributed by atoms with van der Waals surface area (Å²) in [6.07, 6.45) is 0.449. The first-order chi connectivity index (χ1) is 11.6. The highest BCUT2D eigenvalue weighted by atomic mass is 79.9. The van der Waals surface area contributed by atoms with E-state index in [-0.39, 0.29) is 46.9 Å². The van der Waals surface area contributed by atoms with Gasteiger partial charge in [-0.1, -0.05) is 17.7 Å². The van der Waals surface area contributed by atoms with E-state index in [1.54, 1.807) is 38.1 Å². The number of aryl methyl sites for hydroxylation is 1. The minimum absolute atomic E-state index is 0. The van der Waals surface area contributed by atoms with Gasteiger partial charge in [0.15, 0.2) is 5.66 Å². The van der Waals surface area contributed by atoms with Gasteiger partial charge in [-0.15, -0.1) is 17.0 Å². The molecule has 11 heteroatoms. The minimum atomic E-state index is -3.53. The lowest BCUT2D eigenvalue weighted by Gasteiger charge is -2.36. The van der Waals surface area contributed by atoms with E-state index in [1.165, 1.54) is 5.06 Å². The van der Waals surface area contributed by atoms with Crippen LogP contribution in [-0.4, -0.2) is 44.2 Å². The number of nitrogens with two attached hydrogens (primary N) is 2. The van der Waals surface area contributed by atoms with Gasteiger partial charge in [0.05, 0.1) is 11.5 Å². The lowest BCUT2D eigenvalue weighted by molar-refractivity contribution is -0.157. The van der Waals surface area contributed by atoms with Crippen molar-refractivity contribution in [1.82, 2.24) is 9.79 Å². The smallest absolute Gasteiger partial charge is 0.240 e. The number of benzene rings is 1. The van der Waals surface area contributed by atoms with Gasteiger partial charge in [-0.25, -0.2) is 18.1 Å². The topological polar surface area (TPSA) is 135 Å². The molecule has 0 amide bonds. The van der Waals surface area contributed by atoms with Gasteiger partial charge in [-0.05, 0) is 39.3 Å². The molecular formula is C15H25BrN6O3S. The van der Waals surface area contributed by atoms with Gasteiger partial charge in [0.2, 0.25) is 21.9 Å². The molecule has 1 aliphatic rings. The molecule has 146 valence electrons. The summed E-state index contributed by atoms with van der Waals surface area (Å²) < 4.78 is 26.9. The van der Waals surface area contributed by atoms with Gasteiger partial charge >= 0.3 is 0 Å². The fraction of sp³-hybridized carbons (Fsp3) is 0.467. The first-order valence-corrected chi connectivity index (χ1v) is 9.29. The monoisotopic (exact) mass is 448 g/mol. The van der Waals surface area contributed by atoms with Gasteiger partial charge in [-0.3, -0.25) is 4.84 Å². The molecule has 2 rings (SSSR count). The summed E-state index contributed by atoms with van der Waals surface area (Å²) in [6.45, 7) is 5.93. The first-order valence-electron chi connectivity index (χ1n) is 7.81. The van der Waals surface area contributed by atoms with Crippen LogP contribution in [0.1, 0.15) is 25.8 Å². The summed E-state index contributed by atoms with van der Waals surface area (Å²) in [5.74, 6) is 0.200. The number of nitrogens with one attached hydrogen (secondary N) is 1. The molecule has 0 fully saturated rings. The number of guanidine groups is 2. The number of hydroxylamine groups is 2. The fourth-order valence-electron chi connectivity index (χ4n) is 2.25. The van der Waals surface area contributed by atoms with Gasteiger partial charge in [0.1, 0.15) is 0 Å². The normalized spacial score (nSPS) is 16.5. The average Bonchev–Trinajstić information content (AvgIpc) is 2.48. The van der Waals surface area contributed by atoms with E-state index >= 15 is 0 Å². The Labute approximate surface area is 164 Å². The Hall–Kier alpha value is -1.69. The highest BCUT2D eigenvalue weighted by Gasteiger charge is 2.32. The maximum Gasteiger partial charge on any atom is 0.240 e. The Bertz CT molecular complexity index is 777. The number of rotatable bonds is 7. The van der Waals surface area contributed by atoms with E-state index < -0.39 is 15.7 Å². The lowest BCUT2D eigenvalue weighted by atomic mass is 10.2. The van der Waals surface area contributed by atoms with Gasteiger partial charge < -0.3 is 11.5 Å². The van der Waals surface area contributed by atoms with Crippen LogP contribution in [0.3, 0.4) is 0 Å². The molecule has 0 radical (unpaired) electrons. The van der Waals surface area contributed by atoms with Crippen molar-refractivity contribution in [2.24, 2.45) is 21.5 Å². The Balaban J connectivity index is 0.00000338. The predicted octanol–water partition coefficient (Wildman–Crippen LogP) is 0.854. The van der Waals surface area contributed by atoms with E-state index in [0.717, 1.165) is 5.56 Å². The van der Waals surface area contributed by atoms with Crippen molar-refractivity contribution in [3.63, 3.8) is 0 Å². The highest BCUT2D eigenvalue weighted by molar-refractivity contribution is 8.93. The number of nitrogens with zero attached hydrogens (tertiary/aromatic N) is 3. The number of halogens is 1. The molecular weight excluding hydrogens is 424 g/mol. The summed E-state index contributed by atoms with van der Waals surface area (Å²) in [5, 5.41) is 1.36. The van der Waals surface area contributed by atoms with Crippen LogP contribution < -0.4 is 16.2 Å². The number of sulfonamides is 1. The van der Waals surface area contributed by atoms with Crippen molar-refractivity contribution in [1.29, 1.82) is 0 Å². The molecule has 1 aliphatic heterocycles. The molecule has 0 atom stereocenters. The molecule has 0 spiro atoms. The maximum absolute atomic E-state index is 12.2. The van der Waals surface area contributed by atoms with Crippen molar-refractivity contribution in [3.05, 3.63) is 29.8 Å². The largest absolute Gasteiger partial charge is 0.368 e. The zero-order valence-corrected chi connectivity index (χ0v) is 17.5. The van der Waals surface area contributed by atoms with Crippen LogP contribution in [0.5, 0.6) is 0 Å². The van der Waals surface area contributed by atoms with E-state index in [0.29, 0.717) is 6.42 Å².